The third-order valence-electron chi connectivity index (χ3n) is 8.79. The highest BCUT2D eigenvalue weighted by molar-refractivity contribution is 7.93. The van der Waals surface area contributed by atoms with Gasteiger partial charge in [0.15, 0.2) is 11.4 Å². The van der Waals surface area contributed by atoms with E-state index in [1.54, 1.807) is 18.2 Å². The monoisotopic (exact) mass is 682 g/mol. The Morgan fingerprint density at radius 3 is 2.66 bits per heavy atom. The molecule has 1 saturated heterocycles. The van der Waals surface area contributed by atoms with Gasteiger partial charge in [-0.15, -0.1) is 0 Å². The second-order valence-corrected chi connectivity index (χ2v) is 13.9. The van der Waals surface area contributed by atoms with Gasteiger partial charge in [-0.2, -0.15) is 4.37 Å². The van der Waals surface area contributed by atoms with E-state index < -0.39 is 38.3 Å². The minimum Gasteiger partial charge on any atom is -0.497 e. The van der Waals surface area contributed by atoms with Gasteiger partial charge in [0.25, 0.3) is 10.0 Å². The van der Waals surface area contributed by atoms with Crippen LogP contribution in [0, 0.1) is 5.82 Å². The summed E-state index contributed by atoms with van der Waals surface area (Å²) in [5.74, 6) is -1.63. The number of hydrogen-bond acceptors (Lipinski definition) is 11. The van der Waals surface area contributed by atoms with E-state index in [4.69, 9.17) is 23.4 Å². The van der Waals surface area contributed by atoms with Gasteiger partial charge in [-0.25, -0.2) is 26.9 Å². The minimum absolute atomic E-state index is 0.0110. The zero-order valence-electron chi connectivity index (χ0n) is 25.8. The molecule has 0 saturated carbocycles. The molecule has 12 nitrogen and oxygen atoms in total. The Balaban J connectivity index is 1.28. The van der Waals surface area contributed by atoms with Gasteiger partial charge in [-0.3, -0.25) is 4.57 Å². The standard InChI is InChI=1S/C32H31FN4O8S2/c1-19(23-6-4-5-20-9-10-32(16-24(20)23)43-11-12-44-32)37-26-14-25(33)29(15-28(26)45-31(37)38)47(39,40)36(30-34-18-35-46-30)17-21-7-8-22(41-2)13-27(21)42-3/h4-8,13-15,18-19H,9-12,16-17H2,1-3H3. The molecule has 1 aliphatic heterocycles. The Morgan fingerprint density at radius 1 is 1.13 bits per heavy atom. The van der Waals surface area contributed by atoms with E-state index in [0.29, 0.717) is 36.7 Å². The quantitative estimate of drug-likeness (QED) is 0.213. The van der Waals surface area contributed by atoms with Gasteiger partial charge in [-0.05, 0) is 42.2 Å². The maximum Gasteiger partial charge on any atom is 0.420 e. The molecule has 1 aliphatic carbocycles. The van der Waals surface area contributed by atoms with Crippen molar-refractivity contribution in [2.24, 2.45) is 0 Å². The van der Waals surface area contributed by atoms with E-state index >= 15 is 4.39 Å². The molecule has 2 aliphatic rings. The first kappa shape index (κ1) is 31.3. The fourth-order valence-corrected chi connectivity index (χ4v) is 8.64. The molecule has 0 radical (unpaired) electrons. The van der Waals surface area contributed by atoms with Crippen LogP contribution in [0.2, 0.25) is 0 Å². The first-order chi connectivity index (χ1) is 22.6. The summed E-state index contributed by atoms with van der Waals surface area (Å²) in [5.41, 5.74) is 3.50. The average molecular weight is 683 g/mol. The van der Waals surface area contributed by atoms with Gasteiger partial charge < -0.3 is 23.4 Å². The van der Waals surface area contributed by atoms with Crippen LogP contribution in [-0.4, -0.2) is 55.6 Å². The Morgan fingerprint density at radius 2 is 1.94 bits per heavy atom. The van der Waals surface area contributed by atoms with E-state index in [1.807, 2.05) is 25.1 Å². The van der Waals surface area contributed by atoms with Crippen molar-refractivity contribution in [1.82, 2.24) is 13.9 Å². The highest BCUT2D eigenvalue weighted by Gasteiger charge is 2.41. The lowest BCUT2D eigenvalue weighted by Gasteiger charge is -2.34. The molecule has 0 amide bonds. The van der Waals surface area contributed by atoms with Crippen molar-refractivity contribution in [3.8, 4) is 11.5 Å². The number of anilines is 1. The molecule has 1 atom stereocenters. The van der Waals surface area contributed by atoms with Crippen molar-refractivity contribution < 1.29 is 36.2 Å². The summed E-state index contributed by atoms with van der Waals surface area (Å²) in [6.07, 6.45) is 3.21. The van der Waals surface area contributed by atoms with Gasteiger partial charge in [-0.1, -0.05) is 18.2 Å². The molecule has 1 unspecified atom stereocenters. The molecule has 5 aromatic rings. The number of ether oxygens (including phenoxy) is 4. The highest BCUT2D eigenvalue weighted by Crippen LogP contribution is 2.40. The summed E-state index contributed by atoms with van der Waals surface area (Å²) < 4.78 is 78.9. The van der Waals surface area contributed by atoms with E-state index in [9.17, 15) is 13.2 Å². The number of fused-ring (bicyclic) bond motifs is 2. The first-order valence-electron chi connectivity index (χ1n) is 14.9. The van der Waals surface area contributed by atoms with Crippen molar-refractivity contribution in [2.45, 2.75) is 49.5 Å². The summed E-state index contributed by atoms with van der Waals surface area (Å²) in [6.45, 7) is 2.62. The molecule has 1 fully saturated rings. The number of halogens is 1. The lowest BCUT2D eigenvalue weighted by Crippen LogP contribution is -2.38. The average Bonchev–Trinajstić information content (AvgIpc) is 3.83. The van der Waals surface area contributed by atoms with Crippen molar-refractivity contribution in [1.29, 1.82) is 0 Å². The van der Waals surface area contributed by atoms with Crippen LogP contribution in [-0.2, 0) is 38.9 Å². The number of hydrogen-bond donors (Lipinski definition) is 0. The lowest BCUT2D eigenvalue weighted by molar-refractivity contribution is -0.163. The smallest absolute Gasteiger partial charge is 0.420 e. The molecule has 1 spiro atoms. The Bertz CT molecular complexity index is 2120. The third-order valence-corrected chi connectivity index (χ3v) is 11.3. The van der Waals surface area contributed by atoms with Gasteiger partial charge in [0.05, 0.1) is 45.5 Å². The SMILES string of the molecule is COc1ccc(CN(c2ncns2)S(=O)(=O)c2cc3oc(=O)n(C(C)c4cccc5c4CC4(CC5)OCCO4)c3cc2F)c(OC)c1. The van der Waals surface area contributed by atoms with Gasteiger partial charge in [0, 0.05) is 48.1 Å². The van der Waals surface area contributed by atoms with Crippen LogP contribution in [0.1, 0.15) is 41.6 Å². The maximum atomic E-state index is 16.1. The van der Waals surface area contributed by atoms with E-state index in [0.717, 1.165) is 57.5 Å². The molecule has 7 rings (SSSR count). The summed E-state index contributed by atoms with van der Waals surface area (Å²) in [5, 5.41) is 0.0110. The number of aryl methyl sites for hydroxylation is 1. The third kappa shape index (κ3) is 5.46. The largest absolute Gasteiger partial charge is 0.497 e. The Kier molecular flexibility index (Phi) is 8.02. The molecule has 15 heteroatoms. The molecule has 246 valence electrons. The van der Waals surface area contributed by atoms with Gasteiger partial charge in [0.1, 0.15) is 28.5 Å². The Hall–Kier alpha value is -4.31. The number of benzene rings is 3. The van der Waals surface area contributed by atoms with Crippen LogP contribution < -0.4 is 19.5 Å². The summed E-state index contributed by atoms with van der Waals surface area (Å²) in [7, 11) is -1.66. The topological polar surface area (TPSA) is 135 Å². The molecule has 2 aromatic heterocycles. The summed E-state index contributed by atoms with van der Waals surface area (Å²) in [4.78, 5) is 16.8. The molecule has 0 N–H and O–H groups in total. The van der Waals surface area contributed by atoms with Crippen molar-refractivity contribution >= 4 is 37.8 Å². The fourth-order valence-electron chi connectivity index (χ4n) is 6.45. The van der Waals surface area contributed by atoms with Gasteiger partial charge in [0.2, 0.25) is 5.13 Å². The number of rotatable bonds is 9. The number of sulfonamides is 1. The summed E-state index contributed by atoms with van der Waals surface area (Å²) in [6, 6.07) is 12.3. The van der Waals surface area contributed by atoms with Crippen LogP contribution in [0.15, 0.2) is 69.0 Å². The number of oxazole rings is 1. The molecule has 3 heterocycles. The van der Waals surface area contributed by atoms with E-state index in [1.165, 1.54) is 25.1 Å². The van der Waals surface area contributed by atoms with Crippen LogP contribution in [0.25, 0.3) is 11.1 Å². The normalized spacial score (nSPS) is 16.3. The highest BCUT2D eigenvalue weighted by atomic mass is 32.2. The van der Waals surface area contributed by atoms with Crippen LogP contribution >= 0.6 is 11.5 Å². The number of aromatic nitrogens is 3. The van der Waals surface area contributed by atoms with Crippen molar-refractivity contribution in [3.63, 3.8) is 0 Å². The molecular weight excluding hydrogens is 652 g/mol. The predicted octanol–water partition coefficient (Wildman–Crippen LogP) is 4.84. The van der Waals surface area contributed by atoms with Crippen molar-refractivity contribution in [2.75, 3.05) is 31.7 Å². The molecule has 47 heavy (non-hydrogen) atoms. The second kappa shape index (κ2) is 12.0. The number of methoxy groups -OCH3 is 2. The lowest BCUT2D eigenvalue weighted by atomic mass is 9.83. The predicted molar refractivity (Wildman–Crippen MR) is 170 cm³/mol. The van der Waals surface area contributed by atoms with Gasteiger partial charge >= 0.3 is 5.76 Å². The van der Waals surface area contributed by atoms with Crippen LogP contribution in [0.3, 0.4) is 0 Å². The second-order valence-electron chi connectivity index (χ2n) is 11.3. The van der Waals surface area contributed by atoms with Crippen LogP contribution in [0.4, 0.5) is 9.52 Å². The summed E-state index contributed by atoms with van der Waals surface area (Å²) >= 11 is 0.831. The van der Waals surface area contributed by atoms with Crippen molar-refractivity contribution in [3.05, 3.63) is 93.5 Å². The fraction of sp³-hybridized carbons (Fsp3) is 0.344. The zero-order chi connectivity index (χ0) is 32.9. The molecular formula is C32H31FN4O8S2. The maximum absolute atomic E-state index is 16.1. The molecule has 0 bridgehead atoms. The Labute approximate surface area is 273 Å². The van der Waals surface area contributed by atoms with E-state index in [2.05, 4.69) is 9.36 Å². The van der Waals surface area contributed by atoms with E-state index in [-0.39, 0.29) is 22.8 Å². The minimum atomic E-state index is -4.61. The first-order valence-corrected chi connectivity index (χ1v) is 17.1. The van der Waals surface area contributed by atoms with Crippen LogP contribution in [0.5, 0.6) is 11.5 Å². The number of nitrogens with zero attached hydrogens (tertiary/aromatic N) is 4. The molecule has 3 aromatic carbocycles. The zero-order valence-corrected chi connectivity index (χ0v) is 27.4.